The van der Waals surface area contributed by atoms with Crippen LogP contribution in [0.5, 0.6) is 5.75 Å². The van der Waals surface area contributed by atoms with E-state index in [4.69, 9.17) is 4.74 Å². The molecule has 1 aromatic rings. The number of benzene rings is 1. The van der Waals surface area contributed by atoms with Crippen molar-refractivity contribution in [3.63, 3.8) is 0 Å². The molecule has 1 unspecified atom stereocenters. The average molecular weight is 250 g/mol. The Morgan fingerprint density at radius 1 is 1.28 bits per heavy atom. The van der Waals surface area contributed by atoms with Gasteiger partial charge in [-0.05, 0) is 25.1 Å². The van der Waals surface area contributed by atoms with Crippen molar-refractivity contribution in [2.24, 2.45) is 0 Å². The van der Waals surface area contributed by atoms with Gasteiger partial charge in [-0.3, -0.25) is 0 Å². The molecule has 3 nitrogen and oxygen atoms in total. The summed E-state index contributed by atoms with van der Waals surface area (Å²) in [4.78, 5) is 2.08. The summed E-state index contributed by atoms with van der Waals surface area (Å²) in [5, 5.41) is 3.46. The van der Waals surface area contributed by atoms with E-state index < -0.39 is 0 Å². The van der Waals surface area contributed by atoms with E-state index in [0.717, 1.165) is 25.3 Å². The number of hydrogen-bond donors (Lipinski definition) is 1. The van der Waals surface area contributed by atoms with Gasteiger partial charge in [-0.15, -0.1) is 0 Å². The van der Waals surface area contributed by atoms with E-state index >= 15 is 0 Å². The Morgan fingerprint density at radius 3 is 2.67 bits per heavy atom. The second-order valence-electron chi connectivity index (χ2n) is 4.75. The molecular weight excluding hydrogens is 224 g/mol. The molecule has 18 heavy (non-hydrogen) atoms. The summed E-state index contributed by atoms with van der Waals surface area (Å²) in [6.07, 6.45) is 2.33. The molecule has 0 aliphatic carbocycles. The third-order valence-corrected chi connectivity index (χ3v) is 2.92. The summed E-state index contributed by atoms with van der Waals surface area (Å²) >= 11 is 0. The van der Waals surface area contributed by atoms with Crippen LogP contribution in [0, 0.1) is 0 Å². The minimum Gasteiger partial charge on any atom is -0.492 e. The summed E-state index contributed by atoms with van der Waals surface area (Å²) in [5.74, 6) is 0.945. The lowest BCUT2D eigenvalue weighted by molar-refractivity contribution is 0.257. The van der Waals surface area contributed by atoms with E-state index in [0.29, 0.717) is 6.04 Å². The van der Waals surface area contributed by atoms with E-state index in [2.05, 4.69) is 36.2 Å². The van der Waals surface area contributed by atoms with Crippen LogP contribution in [0.15, 0.2) is 24.3 Å². The van der Waals surface area contributed by atoms with Crippen molar-refractivity contribution in [2.75, 3.05) is 32.1 Å². The van der Waals surface area contributed by atoms with Crippen molar-refractivity contribution in [3.05, 3.63) is 24.3 Å². The van der Waals surface area contributed by atoms with Crippen LogP contribution in [0.1, 0.15) is 26.7 Å². The van der Waals surface area contributed by atoms with E-state index in [1.54, 1.807) is 0 Å². The van der Waals surface area contributed by atoms with Gasteiger partial charge >= 0.3 is 0 Å². The maximum Gasteiger partial charge on any atom is 0.121 e. The van der Waals surface area contributed by atoms with Crippen LogP contribution in [0.4, 0.5) is 5.69 Å². The molecule has 0 aliphatic heterocycles. The Morgan fingerprint density at radius 2 is 2.06 bits per heavy atom. The second-order valence-corrected chi connectivity index (χ2v) is 4.75. The smallest absolute Gasteiger partial charge is 0.121 e. The van der Waals surface area contributed by atoms with Crippen LogP contribution in [-0.4, -0.2) is 33.3 Å². The highest BCUT2D eigenvalue weighted by atomic mass is 16.5. The monoisotopic (exact) mass is 250 g/mol. The number of anilines is 1. The molecular formula is C15H26N2O. The molecule has 0 aromatic heterocycles. The zero-order valence-electron chi connectivity index (χ0n) is 12.1. The molecule has 0 saturated heterocycles. The van der Waals surface area contributed by atoms with Gasteiger partial charge < -0.3 is 15.0 Å². The number of likely N-dealkylation sites (N-methyl/N-ethyl adjacent to an activating group) is 1. The topological polar surface area (TPSA) is 24.5 Å². The largest absolute Gasteiger partial charge is 0.492 e. The maximum atomic E-state index is 5.87. The maximum absolute atomic E-state index is 5.87. The molecule has 0 aliphatic rings. The summed E-state index contributed by atoms with van der Waals surface area (Å²) in [6.45, 7) is 6.07. The molecule has 0 fully saturated rings. The van der Waals surface area contributed by atoms with E-state index in [1.165, 1.54) is 12.1 Å². The van der Waals surface area contributed by atoms with Crippen molar-refractivity contribution in [3.8, 4) is 5.75 Å². The van der Waals surface area contributed by atoms with Gasteiger partial charge in [-0.2, -0.15) is 0 Å². The fraction of sp³-hybridized carbons (Fsp3) is 0.600. The van der Waals surface area contributed by atoms with Crippen LogP contribution in [-0.2, 0) is 0 Å². The molecule has 0 bridgehead atoms. The van der Waals surface area contributed by atoms with Gasteiger partial charge in [0.2, 0.25) is 0 Å². The fourth-order valence-electron chi connectivity index (χ4n) is 1.93. The van der Waals surface area contributed by atoms with Crippen LogP contribution < -0.4 is 15.0 Å². The minimum absolute atomic E-state index is 0.447. The Labute approximate surface area is 111 Å². The number of nitrogens with zero attached hydrogens (tertiary/aromatic N) is 1. The van der Waals surface area contributed by atoms with Gasteiger partial charge in [0, 0.05) is 31.9 Å². The van der Waals surface area contributed by atoms with Crippen molar-refractivity contribution < 1.29 is 4.74 Å². The van der Waals surface area contributed by atoms with Gasteiger partial charge in [0.05, 0.1) is 0 Å². The molecule has 102 valence electrons. The fourth-order valence-corrected chi connectivity index (χ4v) is 1.93. The predicted octanol–water partition coefficient (Wildman–Crippen LogP) is 2.91. The lowest BCUT2D eigenvalue weighted by Gasteiger charge is -2.19. The second kappa shape index (κ2) is 7.98. The lowest BCUT2D eigenvalue weighted by Crippen LogP contribution is -2.34. The van der Waals surface area contributed by atoms with Crippen LogP contribution in [0.2, 0.25) is 0 Å². The highest BCUT2D eigenvalue weighted by molar-refractivity contribution is 5.49. The molecule has 1 rings (SSSR count). The highest BCUT2D eigenvalue weighted by Crippen LogP contribution is 2.19. The molecule has 0 amide bonds. The van der Waals surface area contributed by atoms with Gasteiger partial charge in [0.1, 0.15) is 12.4 Å². The Kier molecular flexibility index (Phi) is 6.58. The first-order chi connectivity index (χ1) is 8.67. The van der Waals surface area contributed by atoms with Gasteiger partial charge in [-0.1, -0.05) is 26.3 Å². The number of rotatable bonds is 8. The zero-order chi connectivity index (χ0) is 13.4. The standard InChI is InChI=1S/C15H26N2O/c1-5-8-13(16-6-2)12-18-15-10-7-9-14(11-15)17(3)4/h7,9-11,13,16H,5-6,8,12H2,1-4H3. The molecule has 0 heterocycles. The van der Waals surface area contributed by atoms with Crippen molar-refractivity contribution in [2.45, 2.75) is 32.7 Å². The zero-order valence-corrected chi connectivity index (χ0v) is 12.1. The first-order valence-electron chi connectivity index (χ1n) is 6.81. The minimum atomic E-state index is 0.447. The predicted molar refractivity (Wildman–Crippen MR) is 78.6 cm³/mol. The average Bonchev–Trinajstić information content (AvgIpc) is 2.37. The number of nitrogens with one attached hydrogen (secondary N) is 1. The summed E-state index contributed by atoms with van der Waals surface area (Å²) in [6, 6.07) is 8.66. The Bertz CT molecular complexity index is 333. The van der Waals surface area contributed by atoms with Gasteiger partial charge in [0.15, 0.2) is 0 Å². The van der Waals surface area contributed by atoms with Crippen LogP contribution >= 0.6 is 0 Å². The summed E-state index contributed by atoms with van der Waals surface area (Å²) in [7, 11) is 4.08. The Hall–Kier alpha value is -1.22. The van der Waals surface area contributed by atoms with Crippen molar-refractivity contribution in [1.29, 1.82) is 0 Å². The van der Waals surface area contributed by atoms with Gasteiger partial charge in [-0.25, -0.2) is 0 Å². The quantitative estimate of drug-likeness (QED) is 0.768. The number of ether oxygens (including phenoxy) is 1. The molecule has 3 heteroatoms. The third kappa shape index (κ3) is 4.96. The molecule has 1 aromatic carbocycles. The first-order valence-corrected chi connectivity index (χ1v) is 6.81. The molecule has 1 atom stereocenters. The van der Waals surface area contributed by atoms with Crippen LogP contribution in [0.25, 0.3) is 0 Å². The van der Waals surface area contributed by atoms with Crippen molar-refractivity contribution >= 4 is 5.69 Å². The number of hydrogen-bond acceptors (Lipinski definition) is 3. The van der Waals surface area contributed by atoms with Crippen LogP contribution in [0.3, 0.4) is 0 Å². The molecule has 1 N–H and O–H groups in total. The lowest BCUT2D eigenvalue weighted by atomic mass is 10.2. The van der Waals surface area contributed by atoms with E-state index in [-0.39, 0.29) is 0 Å². The molecule has 0 spiro atoms. The van der Waals surface area contributed by atoms with E-state index in [1.807, 2.05) is 26.2 Å². The highest BCUT2D eigenvalue weighted by Gasteiger charge is 2.07. The van der Waals surface area contributed by atoms with Crippen molar-refractivity contribution in [1.82, 2.24) is 5.32 Å². The van der Waals surface area contributed by atoms with E-state index in [9.17, 15) is 0 Å². The first kappa shape index (κ1) is 14.8. The van der Waals surface area contributed by atoms with Gasteiger partial charge in [0.25, 0.3) is 0 Å². The summed E-state index contributed by atoms with van der Waals surface area (Å²) < 4.78 is 5.87. The SMILES string of the molecule is CCCC(COc1cccc(N(C)C)c1)NCC. The normalized spacial score (nSPS) is 12.2. The Balaban J connectivity index is 2.53. The summed E-state index contributed by atoms with van der Waals surface area (Å²) in [5.41, 5.74) is 1.17. The molecule has 0 radical (unpaired) electrons. The molecule has 0 saturated carbocycles. The third-order valence-electron chi connectivity index (χ3n) is 2.92.